The summed E-state index contributed by atoms with van der Waals surface area (Å²) < 4.78 is 9.56. The summed E-state index contributed by atoms with van der Waals surface area (Å²) in [5.74, 6) is 0. The molecular formula is C7H7N3O2. The molecule has 0 aromatic carbocycles. The minimum atomic E-state index is 0.136. The SMILES string of the molecule is C=COc1ncnc(OC=C)n1. The summed E-state index contributed by atoms with van der Waals surface area (Å²) in [4.78, 5) is 11.1. The third kappa shape index (κ3) is 2.05. The molecule has 0 aliphatic heterocycles. The zero-order chi connectivity index (χ0) is 8.81. The average Bonchev–Trinajstić information content (AvgIpc) is 2.06. The minimum absolute atomic E-state index is 0.136. The molecule has 5 nitrogen and oxygen atoms in total. The lowest BCUT2D eigenvalue weighted by Gasteiger charge is -1.98. The quantitative estimate of drug-likeness (QED) is 0.621. The van der Waals surface area contributed by atoms with Crippen LogP contribution in [0.5, 0.6) is 12.0 Å². The van der Waals surface area contributed by atoms with Crippen molar-refractivity contribution in [3.8, 4) is 12.0 Å². The first-order valence-corrected chi connectivity index (χ1v) is 3.11. The summed E-state index contributed by atoms with van der Waals surface area (Å²) in [6, 6.07) is 0.272. The van der Waals surface area contributed by atoms with Gasteiger partial charge in [0.25, 0.3) is 0 Å². The minimum Gasteiger partial charge on any atom is -0.433 e. The van der Waals surface area contributed by atoms with Crippen molar-refractivity contribution in [1.82, 2.24) is 15.0 Å². The van der Waals surface area contributed by atoms with E-state index < -0.39 is 0 Å². The molecule has 0 radical (unpaired) electrons. The van der Waals surface area contributed by atoms with Crippen LogP contribution in [0.3, 0.4) is 0 Å². The molecule has 62 valence electrons. The van der Waals surface area contributed by atoms with Crippen LogP contribution < -0.4 is 9.47 Å². The zero-order valence-electron chi connectivity index (χ0n) is 6.30. The molecule has 0 unspecified atom stereocenters. The first-order valence-electron chi connectivity index (χ1n) is 3.11. The van der Waals surface area contributed by atoms with E-state index in [0.717, 1.165) is 0 Å². The highest BCUT2D eigenvalue weighted by Crippen LogP contribution is 2.05. The fraction of sp³-hybridized carbons (Fsp3) is 0. The summed E-state index contributed by atoms with van der Waals surface area (Å²) >= 11 is 0. The van der Waals surface area contributed by atoms with E-state index in [1.54, 1.807) is 0 Å². The molecule has 0 aliphatic rings. The van der Waals surface area contributed by atoms with Crippen LogP contribution in [0.25, 0.3) is 0 Å². The van der Waals surface area contributed by atoms with Crippen LogP contribution in [0.1, 0.15) is 0 Å². The standard InChI is InChI=1S/C7H7N3O2/c1-3-11-6-8-5-9-7(10-6)12-4-2/h3-5H,1-2H2. The van der Waals surface area contributed by atoms with Crippen molar-refractivity contribution >= 4 is 0 Å². The van der Waals surface area contributed by atoms with Crippen molar-refractivity contribution in [1.29, 1.82) is 0 Å². The topological polar surface area (TPSA) is 57.1 Å². The van der Waals surface area contributed by atoms with Crippen molar-refractivity contribution in [2.75, 3.05) is 0 Å². The summed E-state index contributed by atoms with van der Waals surface area (Å²) in [5.41, 5.74) is 0. The van der Waals surface area contributed by atoms with Crippen LogP contribution in [0, 0.1) is 0 Å². The molecule has 0 bridgehead atoms. The predicted octanol–water partition coefficient (Wildman–Crippen LogP) is 0.916. The molecule has 1 heterocycles. The van der Waals surface area contributed by atoms with Gasteiger partial charge in [-0.2, -0.15) is 9.97 Å². The smallest absolute Gasteiger partial charge is 0.327 e. The van der Waals surface area contributed by atoms with E-state index in [1.165, 1.54) is 18.9 Å². The van der Waals surface area contributed by atoms with Gasteiger partial charge in [0, 0.05) is 0 Å². The first-order chi connectivity index (χ1) is 5.86. The lowest BCUT2D eigenvalue weighted by molar-refractivity contribution is 0.396. The molecule has 0 fully saturated rings. The van der Waals surface area contributed by atoms with Crippen LogP contribution in [0.2, 0.25) is 0 Å². The molecule has 1 aromatic rings. The van der Waals surface area contributed by atoms with Crippen LogP contribution in [-0.2, 0) is 0 Å². The molecule has 0 saturated heterocycles. The van der Waals surface area contributed by atoms with E-state index in [0.29, 0.717) is 0 Å². The van der Waals surface area contributed by atoms with E-state index in [9.17, 15) is 0 Å². The zero-order valence-corrected chi connectivity index (χ0v) is 6.30. The van der Waals surface area contributed by atoms with E-state index in [-0.39, 0.29) is 12.0 Å². The molecule has 0 aliphatic carbocycles. The fourth-order valence-corrected chi connectivity index (χ4v) is 0.530. The molecule has 1 rings (SSSR count). The van der Waals surface area contributed by atoms with Crippen LogP contribution in [0.15, 0.2) is 32.0 Å². The molecular weight excluding hydrogens is 158 g/mol. The maximum atomic E-state index is 4.78. The Balaban J connectivity index is 2.79. The maximum Gasteiger partial charge on any atom is 0.327 e. The fourth-order valence-electron chi connectivity index (χ4n) is 0.530. The molecule has 12 heavy (non-hydrogen) atoms. The Morgan fingerprint density at radius 3 is 2.00 bits per heavy atom. The summed E-state index contributed by atoms with van der Waals surface area (Å²) in [7, 11) is 0. The van der Waals surface area contributed by atoms with E-state index in [1.807, 2.05) is 0 Å². The van der Waals surface area contributed by atoms with Crippen molar-refractivity contribution in [2.45, 2.75) is 0 Å². The average molecular weight is 165 g/mol. The molecule has 0 saturated carbocycles. The normalized spacial score (nSPS) is 8.67. The number of nitrogens with zero attached hydrogens (tertiary/aromatic N) is 3. The van der Waals surface area contributed by atoms with E-state index in [2.05, 4.69) is 28.1 Å². The number of aromatic nitrogens is 3. The number of rotatable bonds is 4. The lowest BCUT2D eigenvalue weighted by atomic mass is 10.9. The Bertz CT molecular complexity index is 262. The summed E-state index contributed by atoms with van der Waals surface area (Å²) in [6.07, 6.45) is 3.70. The molecule has 1 aromatic heterocycles. The second-order valence-electron chi connectivity index (χ2n) is 1.62. The maximum absolute atomic E-state index is 4.78. The first kappa shape index (κ1) is 8.19. The molecule has 0 atom stereocenters. The predicted molar refractivity (Wildman–Crippen MR) is 41.5 cm³/mol. The Morgan fingerprint density at radius 1 is 1.08 bits per heavy atom. The second-order valence-corrected chi connectivity index (χ2v) is 1.62. The van der Waals surface area contributed by atoms with Crippen molar-refractivity contribution in [2.24, 2.45) is 0 Å². The van der Waals surface area contributed by atoms with Crippen molar-refractivity contribution < 1.29 is 9.47 Å². The largest absolute Gasteiger partial charge is 0.433 e. The Labute approximate surface area is 69.4 Å². The van der Waals surface area contributed by atoms with Crippen LogP contribution in [-0.4, -0.2) is 15.0 Å². The monoisotopic (exact) mass is 165 g/mol. The van der Waals surface area contributed by atoms with Crippen LogP contribution in [0.4, 0.5) is 0 Å². The third-order valence-electron chi connectivity index (χ3n) is 0.905. The van der Waals surface area contributed by atoms with Gasteiger partial charge in [-0.25, -0.2) is 0 Å². The molecule has 0 spiro atoms. The molecule has 5 heteroatoms. The lowest BCUT2D eigenvalue weighted by Crippen LogP contribution is -1.95. The second kappa shape index (κ2) is 4.07. The highest BCUT2D eigenvalue weighted by molar-refractivity contribution is 5.01. The van der Waals surface area contributed by atoms with Crippen molar-refractivity contribution in [3.05, 3.63) is 32.0 Å². The number of hydrogen-bond acceptors (Lipinski definition) is 5. The van der Waals surface area contributed by atoms with Gasteiger partial charge in [-0.1, -0.05) is 13.2 Å². The molecule has 0 amide bonds. The Hall–Kier alpha value is -1.91. The Kier molecular flexibility index (Phi) is 2.78. The van der Waals surface area contributed by atoms with Gasteiger partial charge in [0.1, 0.15) is 6.33 Å². The van der Waals surface area contributed by atoms with Gasteiger partial charge < -0.3 is 9.47 Å². The van der Waals surface area contributed by atoms with Gasteiger partial charge in [-0.05, 0) is 0 Å². The van der Waals surface area contributed by atoms with Gasteiger partial charge in [0.15, 0.2) is 0 Å². The van der Waals surface area contributed by atoms with Gasteiger partial charge in [0.05, 0.1) is 12.5 Å². The van der Waals surface area contributed by atoms with Gasteiger partial charge in [0.2, 0.25) is 0 Å². The molecule has 0 N–H and O–H groups in total. The van der Waals surface area contributed by atoms with Gasteiger partial charge in [-0.15, -0.1) is 4.98 Å². The number of ether oxygens (including phenoxy) is 2. The van der Waals surface area contributed by atoms with Crippen molar-refractivity contribution in [3.63, 3.8) is 0 Å². The summed E-state index contributed by atoms with van der Waals surface area (Å²) in [5, 5.41) is 0. The highest BCUT2D eigenvalue weighted by Gasteiger charge is 1.98. The van der Waals surface area contributed by atoms with Crippen LogP contribution >= 0.6 is 0 Å². The third-order valence-corrected chi connectivity index (χ3v) is 0.905. The van der Waals surface area contributed by atoms with E-state index >= 15 is 0 Å². The highest BCUT2D eigenvalue weighted by atomic mass is 16.5. The summed E-state index contributed by atoms with van der Waals surface area (Å²) in [6.45, 7) is 6.70. The Morgan fingerprint density at radius 2 is 1.58 bits per heavy atom. The van der Waals surface area contributed by atoms with Gasteiger partial charge in [-0.3, -0.25) is 0 Å². The van der Waals surface area contributed by atoms with Gasteiger partial charge >= 0.3 is 12.0 Å². The van der Waals surface area contributed by atoms with E-state index in [4.69, 9.17) is 9.47 Å². The number of hydrogen-bond donors (Lipinski definition) is 0.